The third-order valence-electron chi connectivity index (χ3n) is 3.96. The van der Waals surface area contributed by atoms with Crippen molar-refractivity contribution in [3.63, 3.8) is 0 Å². The first kappa shape index (κ1) is 14.2. The molecule has 6 nitrogen and oxygen atoms in total. The standard InChI is InChI=1S/C18H14N4O2/c1-10-7-8-13(23-10)14-12(9-19)16(20)24-18-15(14)21-17(22-18)11-5-3-2-4-6-11/h2-8,14H,20H2,1H3,(H,21,22)/t14-/m1/s1. The fourth-order valence-corrected chi connectivity index (χ4v) is 2.84. The fraction of sp³-hybridized carbons (Fsp3) is 0.111. The van der Waals surface area contributed by atoms with Crippen molar-refractivity contribution < 1.29 is 9.15 Å². The van der Waals surface area contributed by atoms with Crippen molar-refractivity contribution in [3.05, 3.63) is 71.1 Å². The molecule has 1 atom stereocenters. The Hall–Kier alpha value is -3.46. The first-order valence-electron chi connectivity index (χ1n) is 7.46. The van der Waals surface area contributed by atoms with Gasteiger partial charge in [0.1, 0.15) is 34.9 Å². The van der Waals surface area contributed by atoms with Gasteiger partial charge in [-0.2, -0.15) is 10.2 Å². The summed E-state index contributed by atoms with van der Waals surface area (Å²) >= 11 is 0. The first-order valence-corrected chi connectivity index (χ1v) is 7.46. The number of aromatic amines is 1. The second-order valence-electron chi connectivity index (χ2n) is 5.54. The minimum Gasteiger partial charge on any atom is -0.465 e. The number of hydrogen-bond donors (Lipinski definition) is 2. The Morgan fingerprint density at radius 2 is 2.00 bits per heavy atom. The van der Waals surface area contributed by atoms with E-state index in [0.29, 0.717) is 28.7 Å². The molecule has 0 unspecified atom stereocenters. The zero-order chi connectivity index (χ0) is 16.7. The zero-order valence-electron chi connectivity index (χ0n) is 12.9. The molecule has 0 aliphatic carbocycles. The molecule has 0 amide bonds. The monoisotopic (exact) mass is 318 g/mol. The molecule has 0 saturated carbocycles. The molecule has 0 fully saturated rings. The van der Waals surface area contributed by atoms with Crippen LogP contribution in [0.2, 0.25) is 0 Å². The largest absolute Gasteiger partial charge is 0.465 e. The van der Waals surface area contributed by atoms with Crippen LogP contribution in [-0.2, 0) is 0 Å². The number of nitrogens with two attached hydrogens (primary N) is 1. The molecule has 118 valence electrons. The highest BCUT2D eigenvalue weighted by atomic mass is 16.5. The Bertz CT molecular complexity index is 976. The molecular formula is C18H14N4O2. The number of rotatable bonds is 2. The van der Waals surface area contributed by atoms with Crippen molar-refractivity contribution in [2.24, 2.45) is 5.73 Å². The fourth-order valence-electron chi connectivity index (χ4n) is 2.84. The summed E-state index contributed by atoms with van der Waals surface area (Å²) in [5, 5.41) is 9.51. The maximum atomic E-state index is 9.51. The van der Waals surface area contributed by atoms with E-state index in [0.717, 1.165) is 11.3 Å². The van der Waals surface area contributed by atoms with Gasteiger partial charge in [-0.15, -0.1) is 0 Å². The van der Waals surface area contributed by atoms with E-state index in [-0.39, 0.29) is 5.88 Å². The van der Waals surface area contributed by atoms with Crippen LogP contribution in [0.25, 0.3) is 11.4 Å². The number of furan rings is 1. The number of nitriles is 1. The van der Waals surface area contributed by atoms with Crippen LogP contribution in [0.3, 0.4) is 0 Å². The number of nitrogens with zero attached hydrogens (tertiary/aromatic N) is 2. The highest BCUT2D eigenvalue weighted by Gasteiger charge is 2.35. The van der Waals surface area contributed by atoms with Gasteiger partial charge in [0, 0.05) is 5.56 Å². The molecule has 4 rings (SSSR count). The Morgan fingerprint density at radius 1 is 1.21 bits per heavy atom. The van der Waals surface area contributed by atoms with Gasteiger partial charge >= 0.3 is 0 Å². The van der Waals surface area contributed by atoms with Gasteiger partial charge in [0.25, 0.3) is 0 Å². The number of imidazole rings is 1. The average molecular weight is 318 g/mol. The van der Waals surface area contributed by atoms with E-state index in [1.54, 1.807) is 0 Å². The number of aromatic nitrogens is 2. The van der Waals surface area contributed by atoms with Gasteiger partial charge in [-0.1, -0.05) is 30.3 Å². The van der Waals surface area contributed by atoms with Gasteiger partial charge < -0.3 is 19.9 Å². The third kappa shape index (κ3) is 2.15. The summed E-state index contributed by atoms with van der Waals surface area (Å²) in [7, 11) is 0. The molecule has 1 aliphatic rings. The summed E-state index contributed by atoms with van der Waals surface area (Å²) in [5.74, 6) is 1.99. The molecule has 24 heavy (non-hydrogen) atoms. The summed E-state index contributed by atoms with van der Waals surface area (Å²) in [6, 6.07) is 15.5. The molecule has 3 aromatic rings. The van der Waals surface area contributed by atoms with E-state index < -0.39 is 5.92 Å². The molecule has 1 aromatic carbocycles. The summed E-state index contributed by atoms with van der Waals surface area (Å²) in [6.07, 6.45) is 0. The van der Waals surface area contributed by atoms with E-state index in [2.05, 4.69) is 16.0 Å². The second-order valence-corrected chi connectivity index (χ2v) is 5.54. The van der Waals surface area contributed by atoms with Crippen molar-refractivity contribution in [2.45, 2.75) is 12.8 Å². The minimum absolute atomic E-state index is 0.0511. The normalized spacial score (nSPS) is 16.4. The van der Waals surface area contributed by atoms with Crippen LogP contribution in [0.15, 0.2) is 58.3 Å². The molecule has 2 aromatic heterocycles. The Kier molecular flexibility index (Phi) is 3.14. The highest BCUT2D eigenvalue weighted by Crippen LogP contribution is 2.42. The van der Waals surface area contributed by atoms with E-state index >= 15 is 0 Å². The zero-order valence-corrected chi connectivity index (χ0v) is 12.9. The van der Waals surface area contributed by atoms with Gasteiger partial charge in [0.05, 0.1) is 5.69 Å². The number of H-pyrrole nitrogens is 1. The molecule has 0 radical (unpaired) electrons. The van der Waals surface area contributed by atoms with Crippen molar-refractivity contribution >= 4 is 0 Å². The quantitative estimate of drug-likeness (QED) is 0.755. The van der Waals surface area contributed by atoms with Crippen LogP contribution in [0.1, 0.15) is 23.1 Å². The summed E-state index contributed by atoms with van der Waals surface area (Å²) in [4.78, 5) is 7.74. The predicted molar refractivity (Wildman–Crippen MR) is 86.8 cm³/mol. The van der Waals surface area contributed by atoms with E-state index in [4.69, 9.17) is 14.9 Å². The van der Waals surface area contributed by atoms with Crippen LogP contribution < -0.4 is 10.5 Å². The van der Waals surface area contributed by atoms with Crippen molar-refractivity contribution in [1.29, 1.82) is 5.26 Å². The topological polar surface area (TPSA) is 101 Å². The molecule has 0 spiro atoms. The van der Waals surface area contributed by atoms with E-state index in [9.17, 15) is 5.26 Å². The maximum Gasteiger partial charge on any atom is 0.243 e. The van der Waals surface area contributed by atoms with Gasteiger partial charge in [-0.3, -0.25) is 0 Å². The number of nitrogens with one attached hydrogen (secondary N) is 1. The number of allylic oxidation sites excluding steroid dienone is 1. The SMILES string of the molecule is Cc1ccc([C@H]2C(C#N)=C(N)Oc3nc(-c4ccccc4)[nH]c32)o1. The van der Waals surface area contributed by atoms with Crippen LogP contribution in [-0.4, -0.2) is 9.97 Å². The molecular weight excluding hydrogens is 304 g/mol. The lowest BCUT2D eigenvalue weighted by molar-refractivity contribution is 0.369. The number of aryl methyl sites for hydroxylation is 1. The Morgan fingerprint density at radius 3 is 2.67 bits per heavy atom. The van der Waals surface area contributed by atoms with Crippen molar-refractivity contribution in [2.75, 3.05) is 0 Å². The smallest absolute Gasteiger partial charge is 0.243 e. The van der Waals surface area contributed by atoms with Crippen molar-refractivity contribution in [1.82, 2.24) is 9.97 Å². The molecule has 0 bridgehead atoms. The van der Waals surface area contributed by atoms with E-state index in [1.807, 2.05) is 49.4 Å². The molecule has 6 heteroatoms. The molecule has 3 N–H and O–H groups in total. The first-order chi connectivity index (χ1) is 11.7. The molecule has 1 aliphatic heterocycles. The summed E-state index contributed by atoms with van der Waals surface area (Å²) in [5.41, 5.74) is 7.81. The minimum atomic E-state index is -0.461. The third-order valence-corrected chi connectivity index (χ3v) is 3.96. The van der Waals surface area contributed by atoms with E-state index in [1.165, 1.54) is 0 Å². The highest BCUT2D eigenvalue weighted by molar-refractivity contribution is 5.59. The maximum absolute atomic E-state index is 9.51. The Balaban J connectivity index is 1.87. The number of ether oxygens (including phenoxy) is 1. The number of benzene rings is 1. The van der Waals surface area contributed by atoms with Gasteiger partial charge in [0.2, 0.25) is 11.8 Å². The number of hydrogen-bond acceptors (Lipinski definition) is 5. The predicted octanol–water partition coefficient (Wildman–Crippen LogP) is 3.20. The second kappa shape index (κ2) is 5.32. The van der Waals surface area contributed by atoms with Crippen LogP contribution in [0.4, 0.5) is 0 Å². The summed E-state index contributed by atoms with van der Waals surface area (Å²) < 4.78 is 11.3. The van der Waals surface area contributed by atoms with Gasteiger partial charge in [0.15, 0.2) is 0 Å². The average Bonchev–Trinajstić information content (AvgIpc) is 3.20. The van der Waals surface area contributed by atoms with Crippen LogP contribution >= 0.6 is 0 Å². The van der Waals surface area contributed by atoms with Gasteiger partial charge in [-0.05, 0) is 19.1 Å². The number of fused-ring (bicyclic) bond motifs is 1. The molecule has 0 saturated heterocycles. The lowest BCUT2D eigenvalue weighted by Crippen LogP contribution is -2.20. The lowest BCUT2D eigenvalue weighted by Gasteiger charge is -2.20. The van der Waals surface area contributed by atoms with Crippen LogP contribution in [0.5, 0.6) is 5.88 Å². The van der Waals surface area contributed by atoms with Crippen molar-refractivity contribution in [3.8, 4) is 23.3 Å². The van der Waals surface area contributed by atoms with Gasteiger partial charge in [-0.25, -0.2) is 0 Å². The lowest BCUT2D eigenvalue weighted by atomic mass is 9.93. The summed E-state index contributed by atoms with van der Waals surface area (Å²) in [6.45, 7) is 1.85. The Labute approximate surface area is 138 Å². The molecule has 3 heterocycles. The van der Waals surface area contributed by atoms with Crippen LogP contribution in [0, 0.1) is 18.3 Å².